The normalized spacial score (nSPS) is 9.74. The van der Waals surface area contributed by atoms with Crippen molar-refractivity contribution in [2.75, 3.05) is 13.2 Å². The Labute approximate surface area is 114 Å². The molecule has 0 radical (unpaired) electrons. The van der Waals surface area contributed by atoms with E-state index in [0.29, 0.717) is 10.7 Å². The van der Waals surface area contributed by atoms with E-state index >= 15 is 0 Å². The predicted molar refractivity (Wildman–Crippen MR) is 69.4 cm³/mol. The van der Waals surface area contributed by atoms with Crippen molar-refractivity contribution in [3.8, 4) is 0 Å². The van der Waals surface area contributed by atoms with Gasteiger partial charge < -0.3 is 20.5 Å². The number of aliphatic hydroxyl groups excluding tert-OH is 1. The van der Waals surface area contributed by atoms with Gasteiger partial charge in [-0.1, -0.05) is 12.7 Å². The van der Waals surface area contributed by atoms with Gasteiger partial charge >= 0.3 is 6.09 Å². The second-order valence-electron chi connectivity index (χ2n) is 3.41. The number of nitrogens with one attached hydrogen (secondary N) is 2. The second-order valence-corrected chi connectivity index (χ2v) is 4.35. The van der Waals surface area contributed by atoms with Gasteiger partial charge in [-0.2, -0.15) is 0 Å². The summed E-state index contributed by atoms with van der Waals surface area (Å²) < 4.78 is 4.64. The zero-order valence-corrected chi connectivity index (χ0v) is 11.0. The van der Waals surface area contributed by atoms with Gasteiger partial charge in [-0.15, -0.1) is 11.3 Å². The first-order chi connectivity index (χ1) is 9.15. The summed E-state index contributed by atoms with van der Waals surface area (Å²) in [5.41, 5.74) is 0.570. The molecular weight excluding hydrogens is 270 g/mol. The highest BCUT2D eigenvalue weighted by atomic mass is 32.1. The van der Waals surface area contributed by atoms with Crippen LogP contribution in [0, 0.1) is 0 Å². The molecule has 2 amide bonds. The molecule has 0 spiro atoms. The van der Waals surface area contributed by atoms with Crippen LogP contribution < -0.4 is 10.6 Å². The van der Waals surface area contributed by atoms with Crippen LogP contribution in [0.25, 0.3) is 0 Å². The van der Waals surface area contributed by atoms with Crippen LogP contribution in [0.2, 0.25) is 0 Å². The second kappa shape index (κ2) is 8.22. The summed E-state index contributed by atoms with van der Waals surface area (Å²) in [6.45, 7) is 3.45. The number of thiazole rings is 1. The largest absolute Gasteiger partial charge is 0.445 e. The number of aromatic nitrogens is 1. The van der Waals surface area contributed by atoms with Gasteiger partial charge in [0.25, 0.3) is 0 Å². The SMILES string of the molecule is C=CCOC(=O)NCC(=O)NCc1nc(CO)cs1. The summed E-state index contributed by atoms with van der Waals surface area (Å²) >= 11 is 1.34. The molecule has 0 saturated carbocycles. The van der Waals surface area contributed by atoms with E-state index in [0.717, 1.165) is 0 Å². The molecule has 1 heterocycles. The highest BCUT2D eigenvalue weighted by molar-refractivity contribution is 7.09. The van der Waals surface area contributed by atoms with Crippen molar-refractivity contribution >= 4 is 23.3 Å². The van der Waals surface area contributed by atoms with E-state index in [4.69, 9.17) is 5.11 Å². The number of nitrogens with zero attached hydrogens (tertiary/aromatic N) is 1. The van der Waals surface area contributed by atoms with Crippen LogP contribution in [0.4, 0.5) is 4.79 Å². The zero-order chi connectivity index (χ0) is 14.1. The van der Waals surface area contributed by atoms with Crippen molar-refractivity contribution in [3.63, 3.8) is 0 Å². The van der Waals surface area contributed by atoms with Gasteiger partial charge in [0, 0.05) is 5.38 Å². The molecule has 0 aromatic carbocycles. The topological polar surface area (TPSA) is 101 Å². The lowest BCUT2D eigenvalue weighted by molar-refractivity contribution is -0.120. The molecule has 19 heavy (non-hydrogen) atoms. The fourth-order valence-electron chi connectivity index (χ4n) is 1.08. The Kier molecular flexibility index (Phi) is 6.55. The predicted octanol–water partition coefficient (Wildman–Crippen LogP) is 0.164. The third-order valence-corrected chi connectivity index (χ3v) is 2.82. The monoisotopic (exact) mass is 285 g/mol. The summed E-state index contributed by atoms with van der Waals surface area (Å²) in [5.74, 6) is -0.351. The van der Waals surface area contributed by atoms with Crippen LogP contribution in [0.3, 0.4) is 0 Å². The maximum Gasteiger partial charge on any atom is 0.407 e. The molecule has 0 unspecified atom stereocenters. The van der Waals surface area contributed by atoms with Crippen LogP contribution >= 0.6 is 11.3 Å². The van der Waals surface area contributed by atoms with Crippen LogP contribution in [-0.2, 0) is 22.7 Å². The van der Waals surface area contributed by atoms with Crippen LogP contribution in [0.1, 0.15) is 10.7 Å². The summed E-state index contributed by atoms with van der Waals surface area (Å²) in [7, 11) is 0. The Hall–Kier alpha value is -1.93. The van der Waals surface area contributed by atoms with E-state index in [-0.39, 0.29) is 32.2 Å². The van der Waals surface area contributed by atoms with Gasteiger partial charge in [-0.25, -0.2) is 9.78 Å². The lowest BCUT2D eigenvalue weighted by Gasteiger charge is -2.05. The molecule has 0 atom stereocenters. The number of amides is 2. The molecule has 1 aromatic rings. The van der Waals surface area contributed by atoms with E-state index in [9.17, 15) is 9.59 Å². The highest BCUT2D eigenvalue weighted by Gasteiger charge is 2.07. The number of ether oxygens (including phenoxy) is 1. The lowest BCUT2D eigenvalue weighted by Crippen LogP contribution is -2.36. The zero-order valence-electron chi connectivity index (χ0n) is 10.2. The Balaban J connectivity index is 2.20. The minimum atomic E-state index is -0.674. The molecule has 0 saturated heterocycles. The van der Waals surface area contributed by atoms with E-state index < -0.39 is 6.09 Å². The molecule has 7 nitrogen and oxygen atoms in total. The van der Waals surface area contributed by atoms with Crippen LogP contribution in [0.5, 0.6) is 0 Å². The minimum Gasteiger partial charge on any atom is -0.445 e. The van der Waals surface area contributed by atoms with Crippen molar-refractivity contribution < 1.29 is 19.4 Å². The van der Waals surface area contributed by atoms with Crippen LogP contribution in [-0.4, -0.2) is 35.2 Å². The minimum absolute atomic E-state index is 0.0938. The highest BCUT2D eigenvalue weighted by Crippen LogP contribution is 2.08. The number of carbonyl (C=O) groups is 2. The molecule has 0 fully saturated rings. The molecule has 1 rings (SSSR count). The van der Waals surface area contributed by atoms with Crippen molar-refractivity contribution in [1.29, 1.82) is 0 Å². The van der Waals surface area contributed by atoms with Crippen molar-refractivity contribution in [2.24, 2.45) is 0 Å². The number of rotatable bonds is 7. The summed E-state index contributed by atoms with van der Waals surface area (Å²) in [4.78, 5) is 26.5. The van der Waals surface area contributed by atoms with Gasteiger partial charge in [0.2, 0.25) is 5.91 Å². The Morgan fingerprint density at radius 1 is 1.53 bits per heavy atom. The average molecular weight is 285 g/mol. The van der Waals surface area contributed by atoms with Crippen molar-refractivity contribution in [3.05, 3.63) is 28.7 Å². The summed E-state index contributed by atoms with van der Waals surface area (Å²) in [5, 5.41) is 16.1. The molecule has 0 aliphatic rings. The quantitative estimate of drug-likeness (QED) is 0.620. The molecule has 1 aromatic heterocycles. The first kappa shape index (κ1) is 15.1. The molecule has 0 bridgehead atoms. The van der Waals surface area contributed by atoms with Crippen molar-refractivity contribution in [1.82, 2.24) is 15.6 Å². The van der Waals surface area contributed by atoms with E-state index in [1.165, 1.54) is 17.4 Å². The number of carbonyl (C=O) groups excluding carboxylic acids is 2. The van der Waals surface area contributed by atoms with Gasteiger partial charge in [0.05, 0.1) is 18.8 Å². The first-order valence-electron chi connectivity index (χ1n) is 5.48. The third-order valence-electron chi connectivity index (χ3n) is 1.92. The molecule has 3 N–H and O–H groups in total. The van der Waals surface area contributed by atoms with Gasteiger partial charge in [0.15, 0.2) is 0 Å². The number of aliphatic hydroxyl groups is 1. The number of hydrogen-bond acceptors (Lipinski definition) is 6. The fourth-order valence-corrected chi connectivity index (χ4v) is 1.80. The van der Waals surface area contributed by atoms with Gasteiger partial charge in [-0.05, 0) is 0 Å². The molecule has 0 aliphatic heterocycles. The Morgan fingerprint density at radius 3 is 2.95 bits per heavy atom. The Morgan fingerprint density at radius 2 is 2.32 bits per heavy atom. The average Bonchev–Trinajstić information content (AvgIpc) is 2.88. The molecule has 8 heteroatoms. The third kappa shape index (κ3) is 5.98. The van der Waals surface area contributed by atoms with E-state index in [2.05, 4.69) is 26.9 Å². The van der Waals surface area contributed by atoms with E-state index in [1.807, 2.05) is 0 Å². The number of alkyl carbamates (subject to hydrolysis) is 1. The fraction of sp³-hybridized carbons (Fsp3) is 0.364. The molecule has 0 aliphatic carbocycles. The molecule has 104 valence electrons. The van der Waals surface area contributed by atoms with E-state index in [1.54, 1.807) is 5.38 Å². The van der Waals surface area contributed by atoms with Crippen LogP contribution in [0.15, 0.2) is 18.0 Å². The maximum atomic E-state index is 11.4. The van der Waals surface area contributed by atoms with Crippen molar-refractivity contribution in [2.45, 2.75) is 13.2 Å². The summed E-state index contributed by atoms with van der Waals surface area (Å²) in [6.07, 6.45) is 0.757. The summed E-state index contributed by atoms with van der Waals surface area (Å²) in [6, 6.07) is 0. The smallest absolute Gasteiger partial charge is 0.407 e. The van der Waals surface area contributed by atoms with Gasteiger partial charge in [-0.3, -0.25) is 4.79 Å². The van der Waals surface area contributed by atoms with Gasteiger partial charge in [0.1, 0.15) is 18.2 Å². The lowest BCUT2D eigenvalue weighted by atomic mass is 10.5. The maximum absolute atomic E-state index is 11.4. The molecular formula is C11H15N3O4S. The number of hydrogen-bond donors (Lipinski definition) is 3. The standard InChI is InChI=1S/C11H15N3O4S/c1-2-3-18-11(17)13-4-9(16)12-5-10-14-8(6-15)7-19-10/h2,7,15H,1,3-6H2,(H,12,16)(H,13,17). The Bertz CT molecular complexity index is 447. The first-order valence-corrected chi connectivity index (χ1v) is 6.36.